The van der Waals surface area contributed by atoms with E-state index in [4.69, 9.17) is 20.3 Å². The van der Waals surface area contributed by atoms with E-state index in [2.05, 4.69) is 36.7 Å². The fraction of sp³-hybridized carbons (Fsp3) is 0.436. The maximum absolute atomic E-state index is 15.7. The lowest BCUT2D eigenvalue weighted by atomic mass is 9.61. The van der Waals surface area contributed by atoms with Crippen molar-refractivity contribution in [2.24, 2.45) is 10.8 Å². The summed E-state index contributed by atoms with van der Waals surface area (Å²) >= 11 is 0. The minimum absolute atomic E-state index is 0.0551. The number of carbonyl (C=O) groups is 1. The number of piperidine rings is 2. The van der Waals surface area contributed by atoms with Gasteiger partial charge in [0.1, 0.15) is 40.5 Å². The molecule has 1 atom stereocenters. The molecule has 0 aliphatic carbocycles. The fourth-order valence-corrected chi connectivity index (χ4v) is 7.60. The molecule has 2 N–H and O–H groups in total. The van der Waals surface area contributed by atoms with Crippen molar-refractivity contribution in [3.8, 4) is 28.8 Å². The Labute approximate surface area is 292 Å². The number of hydrogen-bond acceptors (Lipinski definition) is 8. The fourth-order valence-electron chi connectivity index (χ4n) is 7.60. The van der Waals surface area contributed by atoms with Crippen LogP contribution < -0.4 is 10.5 Å². The molecule has 5 heterocycles. The average molecular weight is 678 g/mol. The number of rotatable bonds is 8. The quantitative estimate of drug-likeness (QED) is 0.161. The highest BCUT2D eigenvalue weighted by Gasteiger charge is 2.44. The Kier molecular flexibility index (Phi) is 9.09. The number of anilines is 1. The highest BCUT2D eigenvalue weighted by atomic mass is 19.1. The molecular formula is C39H44FN7O3. The number of nitrogen functional groups attached to an aromatic ring is 1. The molecule has 3 aliphatic rings. The summed E-state index contributed by atoms with van der Waals surface area (Å²) in [7, 11) is 0. The van der Waals surface area contributed by atoms with Gasteiger partial charge in [-0.15, -0.1) is 0 Å². The van der Waals surface area contributed by atoms with Crippen molar-refractivity contribution in [2.45, 2.75) is 58.5 Å². The second-order valence-electron chi connectivity index (χ2n) is 14.7. The molecule has 0 bridgehead atoms. The summed E-state index contributed by atoms with van der Waals surface area (Å²) in [6.45, 7) is 11.1. The molecule has 2 aromatic carbocycles. The van der Waals surface area contributed by atoms with Crippen LogP contribution >= 0.6 is 0 Å². The van der Waals surface area contributed by atoms with E-state index >= 15 is 4.39 Å². The summed E-state index contributed by atoms with van der Waals surface area (Å²) in [4.78, 5) is 22.6. The third kappa shape index (κ3) is 6.34. The van der Waals surface area contributed by atoms with E-state index in [1.54, 1.807) is 35.4 Å². The van der Waals surface area contributed by atoms with Gasteiger partial charge in [0.2, 0.25) is 0 Å². The molecule has 1 amide bonds. The van der Waals surface area contributed by atoms with Gasteiger partial charge in [0.05, 0.1) is 36.2 Å². The first kappa shape index (κ1) is 33.7. The van der Waals surface area contributed by atoms with Crippen molar-refractivity contribution >= 4 is 22.6 Å². The van der Waals surface area contributed by atoms with E-state index in [1.165, 1.54) is 6.07 Å². The summed E-state index contributed by atoms with van der Waals surface area (Å²) in [6, 6.07) is 18.2. The molecular weight excluding hydrogens is 633 g/mol. The van der Waals surface area contributed by atoms with Gasteiger partial charge in [0.15, 0.2) is 0 Å². The Hall–Kier alpha value is -4.79. The number of fused-ring (bicyclic) bond motifs is 1. The summed E-state index contributed by atoms with van der Waals surface area (Å²) in [5, 5.41) is 15.7. The molecule has 50 heavy (non-hydrogen) atoms. The average Bonchev–Trinajstić information content (AvgIpc) is 3.48. The maximum Gasteiger partial charge on any atom is 0.264 e. The SMILES string of the molecule is CC(C)(C=C(C#N)C(=O)N1CCC[C@@H](n2nc(-c3ccc(Oc4ccccc4)cc3F)c3c(N)nccc32)C1)C1(C)CCN(C2COC2)CC1. The van der Waals surface area contributed by atoms with Gasteiger partial charge in [0.25, 0.3) is 5.91 Å². The number of carbonyl (C=O) groups excluding carboxylic acids is 1. The Balaban J connectivity index is 1.12. The van der Waals surface area contributed by atoms with Crippen molar-refractivity contribution in [2.75, 3.05) is 45.1 Å². The molecule has 2 aromatic heterocycles. The second kappa shape index (κ2) is 13.5. The van der Waals surface area contributed by atoms with Gasteiger partial charge in [-0.3, -0.25) is 14.4 Å². The van der Waals surface area contributed by atoms with Gasteiger partial charge in [-0.25, -0.2) is 9.37 Å². The van der Waals surface area contributed by atoms with E-state index in [0.29, 0.717) is 47.2 Å². The number of aromatic nitrogens is 3. The number of amides is 1. The first-order valence-corrected chi connectivity index (χ1v) is 17.5. The summed E-state index contributed by atoms with van der Waals surface area (Å²) in [6.07, 6.45) is 6.98. The van der Waals surface area contributed by atoms with Crippen LogP contribution in [0.5, 0.6) is 11.5 Å². The summed E-state index contributed by atoms with van der Waals surface area (Å²) in [5.74, 6) is 0.439. The highest BCUT2D eigenvalue weighted by molar-refractivity contribution is 6.00. The minimum atomic E-state index is -0.503. The predicted octanol–water partition coefficient (Wildman–Crippen LogP) is 6.75. The van der Waals surface area contributed by atoms with Gasteiger partial charge in [-0.05, 0) is 79.9 Å². The molecule has 0 saturated carbocycles. The first-order valence-electron chi connectivity index (χ1n) is 17.5. The van der Waals surface area contributed by atoms with Gasteiger partial charge in [-0.1, -0.05) is 45.0 Å². The number of para-hydroxylation sites is 1. The number of pyridine rings is 1. The molecule has 260 valence electrons. The number of halogens is 1. The van der Waals surface area contributed by atoms with Crippen molar-refractivity contribution in [3.63, 3.8) is 0 Å². The number of hydrogen-bond donors (Lipinski definition) is 1. The first-order chi connectivity index (χ1) is 24.1. The van der Waals surface area contributed by atoms with Crippen LogP contribution in [-0.4, -0.2) is 75.9 Å². The largest absolute Gasteiger partial charge is 0.457 e. The van der Waals surface area contributed by atoms with Gasteiger partial charge < -0.3 is 20.1 Å². The van der Waals surface area contributed by atoms with Gasteiger partial charge in [-0.2, -0.15) is 10.4 Å². The Morgan fingerprint density at radius 1 is 1.10 bits per heavy atom. The van der Waals surface area contributed by atoms with Gasteiger partial charge >= 0.3 is 0 Å². The topological polar surface area (TPSA) is 123 Å². The monoisotopic (exact) mass is 677 g/mol. The van der Waals surface area contributed by atoms with Gasteiger partial charge in [0, 0.05) is 30.9 Å². The number of nitrogens with two attached hydrogens (primary N) is 1. The number of benzene rings is 2. The Bertz CT molecular complexity index is 1960. The molecule has 11 heteroatoms. The van der Waals surface area contributed by atoms with Crippen molar-refractivity contribution < 1.29 is 18.7 Å². The van der Waals surface area contributed by atoms with Crippen molar-refractivity contribution in [1.82, 2.24) is 24.6 Å². The third-order valence-corrected chi connectivity index (χ3v) is 11.3. The normalized spacial score (nSPS) is 20.3. The zero-order valence-corrected chi connectivity index (χ0v) is 28.9. The molecule has 3 saturated heterocycles. The molecule has 7 rings (SSSR count). The summed E-state index contributed by atoms with van der Waals surface area (Å²) < 4.78 is 28.8. The number of likely N-dealkylation sites (tertiary alicyclic amines) is 2. The van der Waals surface area contributed by atoms with Crippen LogP contribution in [0.2, 0.25) is 0 Å². The molecule has 10 nitrogen and oxygen atoms in total. The van der Waals surface area contributed by atoms with E-state index in [1.807, 2.05) is 35.0 Å². The molecule has 0 radical (unpaired) electrons. The van der Waals surface area contributed by atoms with Crippen LogP contribution in [-0.2, 0) is 9.53 Å². The summed E-state index contributed by atoms with van der Waals surface area (Å²) in [5.41, 5.74) is 7.50. The van der Waals surface area contributed by atoms with Crippen LogP contribution in [0.15, 0.2) is 72.4 Å². The molecule has 3 fully saturated rings. The van der Waals surface area contributed by atoms with Crippen LogP contribution in [0.4, 0.5) is 10.2 Å². The van der Waals surface area contributed by atoms with E-state index in [0.717, 1.165) is 52.0 Å². The lowest BCUT2D eigenvalue weighted by Gasteiger charge is -2.51. The highest BCUT2D eigenvalue weighted by Crippen LogP contribution is 2.49. The van der Waals surface area contributed by atoms with Crippen LogP contribution in [0.25, 0.3) is 22.2 Å². The number of ether oxygens (including phenoxy) is 2. The number of nitriles is 1. The van der Waals surface area contributed by atoms with Crippen molar-refractivity contribution in [1.29, 1.82) is 5.26 Å². The minimum Gasteiger partial charge on any atom is -0.457 e. The molecule has 0 spiro atoms. The zero-order chi connectivity index (χ0) is 35.0. The number of allylic oxidation sites excluding steroid dienone is 1. The lowest BCUT2D eigenvalue weighted by Crippen LogP contribution is -2.55. The Morgan fingerprint density at radius 2 is 1.86 bits per heavy atom. The standard InChI is InChI=1S/C39H44FN7O3/c1-38(2,39(3)14-18-45(19-15-39)28-24-49-25-28)21-26(22-41)37(48)46-17-7-8-27(23-46)47-33-13-16-43-36(42)34(33)35(44-47)31-12-11-30(20-32(31)40)50-29-9-5-4-6-10-29/h4-6,9-13,16,20-21,27-28H,7-8,14-15,17-19,23-25H2,1-3H3,(H2,42,43)/t27-/m1/s1. The van der Waals surface area contributed by atoms with Crippen LogP contribution in [0.3, 0.4) is 0 Å². The van der Waals surface area contributed by atoms with Crippen LogP contribution in [0.1, 0.15) is 52.5 Å². The smallest absolute Gasteiger partial charge is 0.264 e. The zero-order valence-electron chi connectivity index (χ0n) is 28.9. The maximum atomic E-state index is 15.7. The predicted molar refractivity (Wildman–Crippen MR) is 190 cm³/mol. The number of nitrogens with zero attached hydrogens (tertiary/aromatic N) is 6. The Morgan fingerprint density at radius 3 is 2.54 bits per heavy atom. The lowest BCUT2D eigenvalue weighted by molar-refractivity contribution is -0.128. The van der Waals surface area contributed by atoms with E-state index in [9.17, 15) is 10.1 Å². The van der Waals surface area contributed by atoms with E-state index in [-0.39, 0.29) is 39.7 Å². The second-order valence-corrected chi connectivity index (χ2v) is 14.7. The van der Waals surface area contributed by atoms with E-state index < -0.39 is 5.82 Å². The van der Waals surface area contributed by atoms with Crippen LogP contribution in [0, 0.1) is 28.0 Å². The molecule has 4 aromatic rings. The third-order valence-electron chi connectivity index (χ3n) is 11.3. The molecule has 0 unspecified atom stereocenters. The van der Waals surface area contributed by atoms with Crippen molar-refractivity contribution in [3.05, 3.63) is 78.3 Å². The molecule has 3 aliphatic heterocycles.